The van der Waals surface area contributed by atoms with E-state index in [4.69, 9.17) is 9.47 Å². The number of benzene rings is 3. The van der Waals surface area contributed by atoms with Crippen LogP contribution in [0.2, 0.25) is 0 Å². The summed E-state index contributed by atoms with van der Waals surface area (Å²) in [6.07, 6.45) is 1.74. The third kappa shape index (κ3) is 5.84. The number of anilines is 1. The third-order valence-corrected chi connectivity index (χ3v) is 8.90. The van der Waals surface area contributed by atoms with E-state index in [1.54, 1.807) is 47.9 Å². The van der Waals surface area contributed by atoms with Gasteiger partial charge >= 0.3 is 0 Å². The highest BCUT2D eigenvalue weighted by Crippen LogP contribution is 2.33. The van der Waals surface area contributed by atoms with Crippen molar-refractivity contribution >= 4 is 40.3 Å². The Bertz CT molecular complexity index is 2070. The molecular formula is C33H25F2N3O4S2. The molecule has 0 saturated heterocycles. The van der Waals surface area contributed by atoms with E-state index in [-0.39, 0.29) is 23.8 Å². The van der Waals surface area contributed by atoms with Crippen LogP contribution in [0.5, 0.6) is 11.5 Å². The van der Waals surface area contributed by atoms with E-state index in [2.05, 4.69) is 10.3 Å². The fourth-order valence-electron chi connectivity index (χ4n) is 4.95. The fourth-order valence-corrected chi connectivity index (χ4v) is 6.82. The third-order valence-electron chi connectivity index (χ3n) is 6.99. The summed E-state index contributed by atoms with van der Waals surface area (Å²) in [4.78, 5) is 33.5. The molecule has 3 heterocycles. The lowest BCUT2D eigenvalue weighted by Gasteiger charge is -2.24. The molecule has 0 radical (unpaired) electrons. The van der Waals surface area contributed by atoms with Crippen molar-refractivity contribution in [1.29, 1.82) is 0 Å². The largest absolute Gasteiger partial charge is 0.496 e. The number of aromatic nitrogens is 1. The number of thiophene rings is 1. The second-order valence-corrected chi connectivity index (χ2v) is 11.8. The minimum absolute atomic E-state index is 0.0495. The molecule has 5 aromatic rings. The van der Waals surface area contributed by atoms with Crippen molar-refractivity contribution < 1.29 is 23.0 Å². The molecule has 6 rings (SSSR count). The van der Waals surface area contributed by atoms with Crippen molar-refractivity contribution in [3.63, 3.8) is 0 Å². The molecule has 0 fully saturated rings. The number of carbonyl (C=O) groups excluding carboxylic acids is 1. The van der Waals surface area contributed by atoms with Gasteiger partial charge in [-0.25, -0.2) is 13.8 Å². The minimum Gasteiger partial charge on any atom is -0.496 e. The second kappa shape index (κ2) is 12.4. The lowest BCUT2D eigenvalue weighted by atomic mass is 10.0. The fraction of sp³-hybridized carbons (Fsp3) is 0.121. The van der Waals surface area contributed by atoms with Crippen LogP contribution < -0.4 is 29.7 Å². The normalized spacial score (nSPS) is 14.6. The van der Waals surface area contributed by atoms with Crippen molar-refractivity contribution in [2.45, 2.75) is 19.6 Å². The van der Waals surface area contributed by atoms with Gasteiger partial charge in [0.15, 0.2) is 16.4 Å². The molecule has 11 heteroatoms. The number of methoxy groups -OCH3 is 1. The number of ether oxygens (including phenoxy) is 2. The molecule has 44 heavy (non-hydrogen) atoms. The van der Waals surface area contributed by atoms with Gasteiger partial charge < -0.3 is 14.8 Å². The van der Waals surface area contributed by atoms with E-state index in [1.807, 2.05) is 35.7 Å². The Balaban J connectivity index is 1.37. The Hall–Kier alpha value is -4.87. The molecule has 0 bridgehead atoms. The first-order valence-corrected chi connectivity index (χ1v) is 15.2. The Morgan fingerprint density at radius 1 is 1.05 bits per heavy atom. The topological polar surface area (TPSA) is 81.9 Å². The number of nitrogens with zero attached hydrogens (tertiary/aromatic N) is 2. The zero-order chi connectivity index (χ0) is 30.8. The summed E-state index contributed by atoms with van der Waals surface area (Å²) in [5, 5.41) is 4.85. The highest BCUT2D eigenvalue weighted by Gasteiger charge is 2.33. The van der Waals surface area contributed by atoms with Crippen LogP contribution >= 0.6 is 22.7 Å². The summed E-state index contributed by atoms with van der Waals surface area (Å²) in [6, 6.07) is 20.7. The summed E-state index contributed by atoms with van der Waals surface area (Å²) in [5.74, 6) is -1.43. The second-order valence-electron chi connectivity index (χ2n) is 9.85. The molecule has 1 unspecified atom stereocenters. The number of hydrogen-bond donors (Lipinski definition) is 1. The molecule has 3 aromatic carbocycles. The van der Waals surface area contributed by atoms with Gasteiger partial charge in [-0.3, -0.25) is 14.2 Å². The van der Waals surface area contributed by atoms with Crippen LogP contribution in [0.1, 0.15) is 29.0 Å². The minimum atomic E-state index is -0.811. The molecular weight excluding hydrogens is 605 g/mol. The van der Waals surface area contributed by atoms with Gasteiger partial charge in [-0.15, -0.1) is 11.3 Å². The number of halogens is 2. The van der Waals surface area contributed by atoms with Crippen molar-refractivity contribution in [3.8, 4) is 11.5 Å². The van der Waals surface area contributed by atoms with Crippen LogP contribution in [0.25, 0.3) is 6.08 Å². The quantitative estimate of drug-likeness (QED) is 0.235. The molecule has 0 saturated carbocycles. The Morgan fingerprint density at radius 2 is 1.84 bits per heavy atom. The van der Waals surface area contributed by atoms with Crippen LogP contribution in [0, 0.1) is 11.6 Å². The molecule has 2 aromatic heterocycles. The SMILES string of the molecule is COc1ccc(/C=c2/sc3n(c2=O)C(c2cccs2)C(C(=O)Nc2ccccc2)=C(C)N=3)cc1COc1ccc(F)cc1F. The summed E-state index contributed by atoms with van der Waals surface area (Å²) in [6.45, 7) is 1.73. The van der Waals surface area contributed by atoms with E-state index in [0.29, 0.717) is 43.2 Å². The Kier molecular flexibility index (Phi) is 8.23. The number of thiazole rings is 1. The van der Waals surface area contributed by atoms with Gasteiger partial charge in [0.25, 0.3) is 11.5 Å². The highest BCUT2D eigenvalue weighted by atomic mass is 32.1. The van der Waals surface area contributed by atoms with Crippen LogP contribution in [0.4, 0.5) is 14.5 Å². The number of allylic oxidation sites excluding steroid dienone is 1. The maximum atomic E-state index is 14.1. The molecule has 1 atom stereocenters. The summed E-state index contributed by atoms with van der Waals surface area (Å²) in [5.41, 5.74) is 2.56. The van der Waals surface area contributed by atoms with E-state index >= 15 is 0 Å². The van der Waals surface area contributed by atoms with E-state index in [0.717, 1.165) is 17.0 Å². The first kappa shape index (κ1) is 29.2. The summed E-state index contributed by atoms with van der Waals surface area (Å²) in [7, 11) is 1.51. The van der Waals surface area contributed by atoms with Crippen molar-refractivity contribution in [2.75, 3.05) is 12.4 Å². The smallest absolute Gasteiger partial charge is 0.271 e. The van der Waals surface area contributed by atoms with Gasteiger partial charge in [-0.2, -0.15) is 0 Å². The zero-order valence-electron chi connectivity index (χ0n) is 23.5. The van der Waals surface area contributed by atoms with Crippen molar-refractivity contribution in [2.24, 2.45) is 4.99 Å². The van der Waals surface area contributed by atoms with Crippen LogP contribution in [-0.2, 0) is 11.4 Å². The molecule has 1 amide bonds. The van der Waals surface area contributed by atoms with Gasteiger partial charge in [0.2, 0.25) is 0 Å². The number of para-hydroxylation sites is 1. The maximum absolute atomic E-state index is 14.1. The number of nitrogens with one attached hydrogen (secondary N) is 1. The first-order chi connectivity index (χ1) is 21.3. The number of carbonyl (C=O) groups is 1. The van der Waals surface area contributed by atoms with E-state index < -0.39 is 17.7 Å². The van der Waals surface area contributed by atoms with Gasteiger partial charge in [-0.05, 0) is 66.4 Å². The molecule has 0 spiro atoms. The van der Waals surface area contributed by atoms with Crippen LogP contribution in [0.15, 0.2) is 105 Å². The molecule has 7 nitrogen and oxygen atoms in total. The highest BCUT2D eigenvalue weighted by molar-refractivity contribution is 7.10. The number of rotatable bonds is 8. The van der Waals surface area contributed by atoms with Crippen molar-refractivity contribution in [3.05, 3.63) is 143 Å². The Labute approximate surface area is 258 Å². The van der Waals surface area contributed by atoms with Crippen LogP contribution in [-0.4, -0.2) is 17.6 Å². The van der Waals surface area contributed by atoms with Gasteiger partial charge in [-0.1, -0.05) is 41.7 Å². The summed E-state index contributed by atoms with van der Waals surface area (Å²) < 4.78 is 40.5. The predicted molar refractivity (Wildman–Crippen MR) is 167 cm³/mol. The zero-order valence-corrected chi connectivity index (χ0v) is 25.2. The average molecular weight is 630 g/mol. The number of fused-ring (bicyclic) bond motifs is 1. The molecule has 222 valence electrons. The average Bonchev–Trinajstić information content (AvgIpc) is 3.65. The lowest BCUT2D eigenvalue weighted by molar-refractivity contribution is -0.113. The van der Waals surface area contributed by atoms with Gasteiger partial charge in [0.05, 0.1) is 22.9 Å². The maximum Gasteiger partial charge on any atom is 0.271 e. The predicted octanol–water partition coefficient (Wildman–Crippen LogP) is 5.80. The molecule has 1 N–H and O–H groups in total. The summed E-state index contributed by atoms with van der Waals surface area (Å²) >= 11 is 2.69. The monoisotopic (exact) mass is 629 g/mol. The molecule has 1 aliphatic rings. The Morgan fingerprint density at radius 3 is 2.57 bits per heavy atom. The van der Waals surface area contributed by atoms with Crippen molar-refractivity contribution in [1.82, 2.24) is 4.57 Å². The number of hydrogen-bond acceptors (Lipinski definition) is 7. The van der Waals surface area contributed by atoms with Gasteiger partial charge in [0.1, 0.15) is 24.2 Å². The standard InChI is InChI=1S/C33H25F2N3O4S2/c1-19-29(31(39)37-23-7-4-3-5-8-23)30(27-9-6-14-43-27)38-32(40)28(44-33(38)36-19)16-20-10-12-25(41-2)21(15-20)18-42-26-13-11-22(34)17-24(26)35/h3-17,30H,18H2,1-2H3,(H,37,39)/b28-16+. The number of amides is 1. The van der Waals surface area contributed by atoms with Gasteiger partial charge in [0, 0.05) is 22.2 Å². The molecule has 1 aliphatic heterocycles. The van der Waals surface area contributed by atoms with E-state index in [1.165, 1.54) is 35.8 Å². The first-order valence-electron chi connectivity index (χ1n) is 13.5. The van der Waals surface area contributed by atoms with Crippen LogP contribution in [0.3, 0.4) is 0 Å². The lowest BCUT2D eigenvalue weighted by Crippen LogP contribution is -2.40. The molecule has 0 aliphatic carbocycles. The van der Waals surface area contributed by atoms with E-state index in [9.17, 15) is 18.4 Å².